The average molecular weight is 328 g/mol. The van der Waals surface area contributed by atoms with Crippen LogP contribution in [0.4, 0.5) is 0 Å². The van der Waals surface area contributed by atoms with E-state index in [-0.39, 0.29) is 0 Å². The van der Waals surface area contributed by atoms with Gasteiger partial charge in [-0.25, -0.2) is 0 Å². The van der Waals surface area contributed by atoms with Crippen LogP contribution >= 0.6 is 0 Å². The van der Waals surface area contributed by atoms with E-state index in [4.69, 9.17) is 4.74 Å². The van der Waals surface area contributed by atoms with Gasteiger partial charge in [0.05, 0.1) is 12.2 Å². The Balaban J connectivity index is 1.42. The zero-order chi connectivity index (χ0) is 16.5. The van der Waals surface area contributed by atoms with Crippen LogP contribution in [0.25, 0.3) is 0 Å². The van der Waals surface area contributed by atoms with E-state index in [1.54, 1.807) is 0 Å². The van der Waals surface area contributed by atoms with Crippen molar-refractivity contribution in [2.75, 3.05) is 0 Å². The maximum absolute atomic E-state index is 11.9. The van der Waals surface area contributed by atoms with Crippen LogP contribution in [0.15, 0.2) is 11.6 Å². The molecule has 0 bridgehead atoms. The summed E-state index contributed by atoms with van der Waals surface area (Å²) in [6.45, 7) is 5.03. The fraction of sp³-hybridized carbons (Fsp3) is 0.864. The molecule has 0 aromatic carbocycles. The van der Waals surface area contributed by atoms with Crippen molar-refractivity contribution in [2.45, 2.75) is 90.3 Å². The number of carbonyl (C=O) groups is 1. The SMILES string of the molecule is C[C@]12CC[C@H]3[C@@H](CCC4=CC(=O)CC[C@@]43C)[C@@H]1CC[C@@H]2OC1CC1. The Kier molecular flexibility index (Phi) is 3.38. The van der Waals surface area contributed by atoms with Gasteiger partial charge in [0.2, 0.25) is 0 Å². The molecular formula is C22H32O2. The molecule has 0 radical (unpaired) electrons. The number of hydrogen-bond acceptors (Lipinski definition) is 2. The van der Waals surface area contributed by atoms with Gasteiger partial charge in [0.25, 0.3) is 0 Å². The minimum Gasteiger partial charge on any atom is -0.374 e. The van der Waals surface area contributed by atoms with Gasteiger partial charge in [-0.1, -0.05) is 19.4 Å². The molecule has 24 heavy (non-hydrogen) atoms. The predicted molar refractivity (Wildman–Crippen MR) is 94.6 cm³/mol. The van der Waals surface area contributed by atoms with E-state index in [9.17, 15) is 4.79 Å². The molecule has 6 atom stereocenters. The number of fused-ring (bicyclic) bond motifs is 5. The normalized spacial score (nSPS) is 50.8. The topological polar surface area (TPSA) is 26.3 Å². The molecule has 5 rings (SSSR count). The third-order valence-electron chi connectivity index (χ3n) is 8.76. The Morgan fingerprint density at radius 3 is 2.58 bits per heavy atom. The third-order valence-corrected chi connectivity index (χ3v) is 8.76. The second-order valence-electron chi connectivity index (χ2n) is 9.91. The van der Waals surface area contributed by atoms with Crippen LogP contribution < -0.4 is 0 Å². The van der Waals surface area contributed by atoms with Crippen LogP contribution in [0.5, 0.6) is 0 Å². The maximum atomic E-state index is 11.9. The van der Waals surface area contributed by atoms with E-state index >= 15 is 0 Å². The van der Waals surface area contributed by atoms with Gasteiger partial charge in [-0.3, -0.25) is 4.79 Å². The number of allylic oxidation sites excluding steroid dienone is 1. The summed E-state index contributed by atoms with van der Waals surface area (Å²) in [6.07, 6.45) is 15.5. The highest BCUT2D eigenvalue weighted by Crippen LogP contribution is 2.65. The molecular weight excluding hydrogens is 296 g/mol. The predicted octanol–water partition coefficient (Wildman–Crippen LogP) is 5.07. The van der Waals surface area contributed by atoms with Crippen molar-refractivity contribution in [1.29, 1.82) is 0 Å². The molecule has 5 aliphatic carbocycles. The van der Waals surface area contributed by atoms with Crippen LogP contribution in [0, 0.1) is 28.6 Å². The molecule has 4 saturated carbocycles. The molecule has 4 fully saturated rings. The lowest BCUT2D eigenvalue weighted by atomic mass is 9.47. The lowest BCUT2D eigenvalue weighted by Crippen LogP contribution is -2.51. The highest BCUT2D eigenvalue weighted by molar-refractivity contribution is 5.91. The first-order valence-electron chi connectivity index (χ1n) is 10.4. The Morgan fingerprint density at radius 1 is 0.958 bits per heavy atom. The van der Waals surface area contributed by atoms with Gasteiger partial charge in [-0.15, -0.1) is 0 Å². The molecule has 0 saturated heterocycles. The van der Waals surface area contributed by atoms with E-state index in [1.807, 2.05) is 6.08 Å². The van der Waals surface area contributed by atoms with Gasteiger partial charge in [0.1, 0.15) is 0 Å². The van der Waals surface area contributed by atoms with Gasteiger partial charge >= 0.3 is 0 Å². The summed E-state index contributed by atoms with van der Waals surface area (Å²) in [4.78, 5) is 11.9. The number of rotatable bonds is 2. The molecule has 5 aliphatic rings. The van der Waals surface area contributed by atoms with E-state index in [1.165, 1.54) is 56.9 Å². The first-order chi connectivity index (χ1) is 11.5. The number of carbonyl (C=O) groups excluding carboxylic acids is 1. The van der Waals surface area contributed by atoms with Gasteiger partial charge in [-0.2, -0.15) is 0 Å². The van der Waals surface area contributed by atoms with Crippen molar-refractivity contribution in [1.82, 2.24) is 0 Å². The molecule has 132 valence electrons. The summed E-state index contributed by atoms with van der Waals surface area (Å²) in [6, 6.07) is 0. The van der Waals surface area contributed by atoms with Crippen LogP contribution in [0.3, 0.4) is 0 Å². The zero-order valence-electron chi connectivity index (χ0n) is 15.4. The van der Waals surface area contributed by atoms with Crippen molar-refractivity contribution in [2.24, 2.45) is 28.6 Å². The fourth-order valence-corrected chi connectivity index (χ4v) is 7.17. The van der Waals surface area contributed by atoms with E-state index in [0.717, 1.165) is 30.6 Å². The van der Waals surface area contributed by atoms with Crippen LogP contribution in [-0.4, -0.2) is 18.0 Å². The van der Waals surface area contributed by atoms with Gasteiger partial charge in [0, 0.05) is 6.42 Å². The van der Waals surface area contributed by atoms with Crippen molar-refractivity contribution in [3.63, 3.8) is 0 Å². The van der Waals surface area contributed by atoms with Crippen LogP contribution in [-0.2, 0) is 9.53 Å². The van der Waals surface area contributed by atoms with Crippen LogP contribution in [0.1, 0.15) is 78.1 Å². The second kappa shape index (κ2) is 5.19. The Morgan fingerprint density at radius 2 is 1.79 bits per heavy atom. The highest BCUT2D eigenvalue weighted by Gasteiger charge is 2.59. The molecule has 0 amide bonds. The number of ketones is 1. The van der Waals surface area contributed by atoms with E-state index in [2.05, 4.69) is 13.8 Å². The number of ether oxygens (including phenoxy) is 1. The van der Waals surface area contributed by atoms with Gasteiger partial charge < -0.3 is 4.74 Å². The largest absolute Gasteiger partial charge is 0.374 e. The average Bonchev–Trinajstić information content (AvgIpc) is 3.31. The molecule has 0 spiro atoms. The standard InChI is InChI=1S/C22H32O2/c1-21-11-9-15(23)13-14(21)3-6-17-18-7-8-20(24-16-4-5-16)22(18,2)12-10-19(17)21/h13,16-20H,3-12H2,1-2H3/t17-,18-,19-,20-,21-,22-/m0/s1. The lowest BCUT2D eigenvalue weighted by molar-refractivity contribution is -0.119. The smallest absolute Gasteiger partial charge is 0.155 e. The number of hydrogen-bond donors (Lipinski definition) is 0. The van der Waals surface area contributed by atoms with Crippen molar-refractivity contribution in [3.05, 3.63) is 11.6 Å². The zero-order valence-corrected chi connectivity index (χ0v) is 15.4. The molecule has 2 nitrogen and oxygen atoms in total. The summed E-state index contributed by atoms with van der Waals surface area (Å²) >= 11 is 0. The summed E-state index contributed by atoms with van der Waals surface area (Å²) in [5.74, 6) is 2.91. The quantitative estimate of drug-likeness (QED) is 0.708. The Labute approximate surface area is 146 Å². The van der Waals surface area contributed by atoms with Crippen molar-refractivity contribution < 1.29 is 9.53 Å². The molecule has 0 heterocycles. The fourth-order valence-electron chi connectivity index (χ4n) is 7.17. The van der Waals surface area contributed by atoms with Crippen molar-refractivity contribution >= 4 is 5.78 Å². The minimum atomic E-state index is 0.313. The first-order valence-corrected chi connectivity index (χ1v) is 10.4. The first kappa shape index (κ1) is 15.6. The molecule has 0 unspecified atom stereocenters. The molecule has 0 aromatic heterocycles. The molecule has 0 N–H and O–H groups in total. The maximum Gasteiger partial charge on any atom is 0.155 e. The minimum absolute atomic E-state index is 0.313. The summed E-state index contributed by atoms with van der Waals surface area (Å²) < 4.78 is 6.46. The Bertz CT molecular complexity index is 589. The van der Waals surface area contributed by atoms with E-state index < -0.39 is 0 Å². The van der Waals surface area contributed by atoms with Gasteiger partial charge in [0.15, 0.2) is 5.78 Å². The monoisotopic (exact) mass is 328 g/mol. The lowest BCUT2D eigenvalue weighted by Gasteiger charge is -2.58. The summed E-state index contributed by atoms with van der Waals surface area (Å²) in [5, 5.41) is 0. The van der Waals surface area contributed by atoms with E-state index in [0.29, 0.717) is 28.8 Å². The van der Waals surface area contributed by atoms with Crippen molar-refractivity contribution in [3.8, 4) is 0 Å². The third kappa shape index (κ3) is 2.14. The second-order valence-corrected chi connectivity index (χ2v) is 9.91. The van der Waals surface area contributed by atoms with Gasteiger partial charge in [-0.05, 0) is 92.4 Å². The summed E-state index contributed by atoms with van der Waals surface area (Å²) in [5.41, 5.74) is 2.23. The molecule has 0 aromatic rings. The Hall–Kier alpha value is -0.630. The summed E-state index contributed by atoms with van der Waals surface area (Å²) in [7, 11) is 0. The van der Waals surface area contributed by atoms with Crippen LogP contribution in [0.2, 0.25) is 0 Å². The molecule has 2 heteroatoms. The highest BCUT2D eigenvalue weighted by atomic mass is 16.5. The molecule has 0 aliphatic heterocycles.